The van der Waals surface area contributed by atoms with Crippen LogP contribution >= 0.6 is 0 Å². The van der Waals surface area contributed by atoms with Gasteiger partial charge >= 0.3 is 0 Å². The van der Waals surface area contributed by atoms with Gasteiger partial charge in [-0.15, -0.1) is 0 Å². The van der Waals surface area contributed by atoms with Crippen LogP contribution < -0.4 is 10.1 Å². The molecule has 1 amide bonds. The van der Waals surface area contributed by atoms with Gasteiger partial charge in [0.1, 0.15) is 12.4 Å². The smallest absolute Gasteiger partial charge is 0.253 e. The molecule has 1 atom stereocenters. The Hall–Kier alpha value is -2.33. The molecule has 4 heteroatoms. The van der Waals surface area contributed by atoms with Crippen LogP contribution in [-0.2, 0) is 9.53 Å². The standard InChI is InChI=1S/C21H29NO3/c1-15-11-12-17(3)19(13-15)25-14-16(2)9-7-8-10-18(4)20(24-6)21(23)22-5/h7-13,20H,14H2,1-6H3,(H,22,23)/b8-7-,16-9+,18-10+. The van der Waals surface area contributed by atoms with Gasteiger partial charge in [-0.1, -0.05) is 36.4 Å². The average Bonchev–Trinajstić information content (AvgIpc) is 2.59. The van der Waals surface area contributed by atoms with Crippen LogP contribution in [0.15, 0.2) is 53.6 Å². The molecule has 25 heavy (non-hydrogen) atoms. The molecule has 0 heterocycles. The highest BCUT2D eigenvalue weighted by molar-refractivity contribution is 5.83. The van der Waals surface area contributed by atoms with Crippen molar-refractivity contribution in [2.45, 2.75) is 33.8 Å². The summed E-state index contributed by atoms with van der Waals surface area (Å²) in [6.07, 6.45) is 7.13. The van der Waals surface area contributed by atoms with Crippen molar-refractivity contribution in [1.29, 1.82) is 0 Å². The van der Waals surface area contributed by atoms with Crippen molar-refractivity contribution in [2.24, 2.45) is 0 Å². The lowest BCUT2D eigenvalue weighted by Gasteiger charge is -2.13. The van der Waals surface area contributed by atoms with Crippen LogP contribution in [0.3, 0.4) is 0 Å². The number of benzene rings is 1. The number of aryl methyl sites for hydroxylation is 2. The van der Waals surface area contributed by atoms with E-state index in [2.05, 4.69) is 24.4 Å². The number of hydrogen-bond donors (Lipinski definition) is 1. The molecule has 0 aliphatic rings. The summed E-state index contributed by atoms with van der Waals surface area (Å²) in [5, 5.41) is 2.59. The first-order valence-electron chi connectivity index (χ1n) is 8.34. The summed E-state index contributed by atoms with van der Waals surface area (Å²) >= 11 is 0. The average molecular weight is 343 g/mol. The van der Waals surface area contributed by atoms with Gasteiger partial charge in [0.25, 0.3) is 5.91 Å². The van der Waals surface area contributed by atoms with Gasteiger partial charge in [0.2, 0.25) is 0 Å². The molecule has 1 aromatic carbocycles. The van der Waals surface area contributed by atoms with Gasteiger partial charge in [-0.25, -0.2) is 0 Å². The van der Waals surface area contributed by atoms with E-state index >= 15 is 0 Å². The minimum absolute atomic E-state index is 0.154. The van der Waals surface area contributed by atoms with E-state index in [-0.39, 0.29) is 5.91 Å². The van der Waals surface area contributed by atoms with Gasteiger partial charge in [-0.05, 0) is 56.0 Å². The summed E-state index contributed by atoms with van der Waals surface area (Å²) in [4.78, 5) is 11.7. The molecule has 0 radical (unpaired) electrons. The van der Waals surface area contributed by atoms with Crippen molar-refractivity contribution < 1.29 is 14.3 Å². The zero-order chi connectivity index (χ0) is 18.8. The van der Waals surface area contributed by atoms with Crippen LogP contribution in [0.5, 0.6) is 5.75 Å². The van der Waals surface area contributed by atoms with Gasteiger partial charge < -0.3 is 14.8 Å². The Morgan fingerprint density at radius 1 is 1.20 bits per heavy atom. The molecule has 0 aromatic heterocycles. The Morgan fingerprint density at radius 3 is 2.52 bits per heavy atom. The van der Waals surface area contributed by atoms with Crippen molar-refractivity contribution in [3.63, 3.8) is 0 Å². The normalized spacial score (nSPS) is 13.8. The third kappa shape index (κ3) is 6.98. The maximum absolute atomic E-state index is 11.7. The van der Waals surface area contributed by atoms with Gasteiger partial charge in [-0.3, -0.25) is 4.79 Å². The van der Waals surface area contributed by atoms with E-state index in [0.29, 0.717) is 6.61 Å². The van der Waals surface area contributed by atoms with Crippen LogP contribution in [0.1, 0.15) is 25.0 Å². The van der Waals surface area contributed by atoms with E-state index < -0.39 is 6.10 Å². The Kier molecular flexibility index (Phi) is 8.71. The molecule has 0 bridgehead atoms. The SMILES string of the molecule is CNC(=O)C(OC)/C(C)=C/C=C\C=C(/C)COc1cc(C)ccc1C. The van der Waals surface area contributed by atoms with Gasteiger partial charge in [0, 0.05) is 14.2 Å². The number of carbonyl (C=O) groups is 1. The number of methoxy groups -OCH3 is 1. The van der Waals surface area contributed by atoms with Crippen molar-refractivity contribution in [1.82, 2.24) is 5.32 Å². The monoisotopic (exact) mass is 343 g/mol. The molecular weight excluding hydrogens is 314 g/mol. The number of amides is 1. The summed E-state index contributed by atoms with van der Waals surface area (Å²) in [6, 6.07) is 6.19. The first kappa shape index (κ1) is 20.7. The quantitative estimate of drug-likeness (QED) is 0.729. The molecule has 0 saturated carbocycles. The maximum Gasteiger partial charge on any atom is 0.253 e. The highest BCUT2D eigenvalue weighted by atomic mass is 16.5. The lowest BCUT2D eigenvalue weighted by atomic mass is 10.1. The van der Waals surface area contributed by atoms with Crippen molar-refractivity contribution in [3.05, 3.63) is 64.8 Å². The number of hydrogen-bond acceptors (Lipinski definition) is 3. The number of nitrogens with one attached hydrogen (secondary N) is 1. The van der Waals surface area contributed by atoms with Crippen molar-refractivity contribution in [2.75, 3.05) is 20.8 Å². The summed E-state index contributed by atoms with van der Waals surface area (Å²) in [5.41, 5.74) is 4.27. The molecule has 1 rings (SSSR count). The Balaban J connectivity index is 2.62. The lowest BCUT2D eigenvalue weighted by molar-refractivity contribution is -0.128. The van der Waals surface area contributed by atoms with Crippen LogP contribution in [0.25, 0.3) is 0 Å². The summed E-state index contributed by atoms with van der Waals surface area (Å²) in [7, 11) is 3.12. The molecular formula is C21H29NO3. The third-order valence-electron chi connectivity index (χ3n) is 3.78. The van der Waals surface area contributed by atoms with Crippen LogP contribution in [0, 0.1) is 13.8 Å². The predicted octanol–water partition coefficient (Wildman–Crippen LogP) is 3.89. The highest BCUT2D eigenvalue weighted by Crippen LogP contribution is 2.19. The number of allylic oxidation sites excluding steroid dienone is 4. The second-order valence-electron chi connectivity index (χ2n) is 6.10. The first-order valence-corrected chi connectivity index (χ1v) is 8.34. The van der Waals surface area contributed by atoms with Gasteiger partial charge in [0.15, 0.2) is 6.10 Å². The molecule has 0 aliphatic heterocycles. The zero-order valence-corrected chi connectivity index (χ0v) is 16.1. The zero-order valence-electron chi connectivity index (χ0n) is 16.1. The molecule has 0 spiro atoms. The Bertz CT molecular complexity index is 672. The molecule has 0 saturated heterocycles. The van der Waals surface area contributed by atoms with E-state index in [1.807, 2.05) is 51.1 Å². The first-order chi connectivity index (χ1) is 11.9. The third-order valence-corrected chi connectivity index (χ3v) is 3.78. The highest BCUT2D eigenvalue weighted by Gasteiger charge is 2.17. The molecule has 4 nitrogen and oxygen atoms in total. The minimum Gasteiger partial charge on any atom is -0.489 e. The fraction of sp³-hybridized carbons (Fsp3) is 0.381. The number of rotatable bonds is 8. The maximum atomic E-state index is 11.7. The molecule has 1 aromatic rings. The summed E-state index contributed by atoms with van der Waals surface area (Å²) in [5.74, 6) is 0.763. The molecule has 0 aliphatic carbocycles. The summed E-state index contributed by atoms with van der Waals surface area (Å²) < 4.78 is 11.1. The molecule has 1 N–H and O–H groups in total. The van der Waals surface area contributed by atoms with E-state index in [1.165, 1.54) is 12.7 Å². The van der Waals surface area contributed by atoms with Crippen molar-refractivity contribution in [3.8, 4) is 5.75 Å². The minimum atomic E-state index is -0.563. The van der Waals surface area contributed by atoms with E-state index in [0.717, 1.165) is 22.5 Å². The van der Waals surface area contributed by atoms with Gasteiger partial charge in [-0.2, -0.15) is 0 Å². The largest absolute Gasteiger partial charge is 0.489 e. The van der Waals surface area contributed by atoms with Crippen molar-refractivity contribution >= 4 is 5.91 Å². The topological polar surface area (TPSA) is 47.6 Å². The molecule has 0 fully saturated rings. The van der Waals surface area contributed by atoms with E-state index in [4.69, 9.17) is 9.47 Å². The predicted molar refractivity (Wildman–Crippen MR) is 103 cm³/mol. The summed E-state index contributed by atoms with van der Waals surface area (Å²) in [6.45, 7) is 8.52. The number of ether oxygens (including phenoxy) is 2. The van der Waals surface area contributed by atoms with Gasteiger partial charge in [0.05, 0.1) is 0 Å². The van der Waals surface area contributed by atoms with E-state index in [1.54, 1.807) is 7.05 Å². The lowest BCUT2D eigenvalue weighted by Crippen LogP contribution is -2.34. The fourth-order valence-corrected chi connectivity index (χ4v) is 2.25. The molecule has 136 valence electrons. The Labute approximate surface area is 151 Å². The number of likely N-dealkylation sites (N-methyl/N-ethyl adjacent to an activating group) is 1. The van der Waals surface area contributed by atoms with Crippen LogP contribution in [0.4, 0.5) is 0 Å². The second kappa shape index (κ2) is 10.5. The Morgan fingerprint density at radius 2 is 1.88 bits per heavy atom. The fourth-order valence-electron chi connectivity index (χ4n) is 2.25. The van der Waals surface area contributed by atoms with Crippen LogP contribution in [0.2, 0.25) is 0 Å². The number of carbonyl (C=O) groups excluding carboxylic acids is 1. The van der Waals surface area contributed by atoms with E-state index in [9.17, 15) is 4.79 Å². The second-order valence-corrected chi connectivity index (χ2v) is 6.10. The van der Waals surface area contributed by atoms with Crippen LogP contribution in [-0.4, -0.2) is 32.8 Å². The molecule has 1 unspecified atom stereocenters.